The second-order valence-electron chi connectivity index (χ2n) is 4.22. The van der Waals surface area contributed by atoms with E-state index in [4.69, 9.17) is 0 Å². The Hall–Kier alpha value is 0.0500. The average molecular weight is 188 g/mol. The third-order valence-corrected chi connectivity index (χ3v) is 3.69. The van der Waals surface area contributed by atoms with E-state index >= 15 is 0 Å². The minimum atomic E-state index is -0.610. The summed E-state index contributed by atoms with van der Waals surface area (Å²) in [6, 6.07) is 0. The lowest BCUT2D eigenvalue weighted by Crippen LogP contribution is -2.40. The topological polar surface area (TPSA) is 20.2 Å². The molecule has 1 nitrogen and oxygen atoms in total. The summed E-state index contributed by atoms with van der Waals surface area (Å²) in [5, 5.41) is 11.9. The second kappa shape index (κ2) is 4.33. The van der Waals surface area contributed by atoms with Gasteiger partial charge >= 0.3 is 0 Å². The van der Waals surface area contributed by atoms with Crippen molar-refractivity contribution in [2.75, 3.05) is 5.75 Å². The van der Waals surface area contributed by atoms with Crippen molar-refractivity contribution in [2.24, 2.45) is 5.41 Å². The van der Waals surface area contributed by atoms with Gasteiger partial charge in [-0.1, -0.05) is 19.9 Å². The zero-order chi connectivity index (χ0) is 9.83. The van der Waals surface area contributed by atoms with Gasteiger partial charge in [-0.05, 0) is 26.2 Å². The van der Waals surface area contributed by atoms with Crippen LogP contribution >= 0.6 is 11.8 Å². The van der Waals surface area contributed by atoms with Crippen LogP contribution in [0.15, 0.2) is 11.5 Å². The molecule has 12 heavy (non-hydrogen) atoms. The van der Waals surface area contributed by atoms with Gasteiger partial charge in [-0.3, -0.25) is 0 Å². The molecule has 0 aromatic heterocycles. The van der Waals surface area contributed by atoms with E-state index in [1.54, 1.807) is 11.8 Å². The smallest absolute Gasteiger partial charge is 0.0650 e. The Morgan fingerprint density at radius 2 is 1.75 bits per heavy atom. The summed E-state index contributed by atoms with van der Waals surface area (Å²) in [6.07, 6.45) is 2.02. The first-order valence-electron chi connectivity index (χ1n) is 4.26. The van der Waals surface area contributed by atoms with Crippen molar-refractivity contribution in [3.8, 4) is 0 Å². The van der Waals surface area contributed by atoms with E-state index < -0.39 is 5.60 Å². The molecule has 0 spiro atoms. The SMILES string of the molecule is C/C=C/SCC(C)(C)C(C)(C)O. The van der Waals surface area contributed by atoms with Crippen LogP contribution in [0.4, 0.5) is 0 Å². The van der Waals surface area contributed by atoms with Crippen LogP contribution in [0.2, 0.25) is 0 Å². The fraction of sp³-hybridized carbons (Fsp3) is 0.800. The predicted octanol–water partition coefficient (Wildman–Crippen LogP) is 3.05. The minimum Gasteiger partial charge on any atom is -0.390 e. The monoisotopic (exact) mass is 188 g/mol. The van der Waals surface area contributed by atoms with Crippen LogP contribution < -0.4 is 0 Å². The highest BCUT2D eigenvalue weighted by Crippen LogP contribution is 2.33. The fourth-order valence-electron chi connectivity index (χ4n) is 0.529. The van der Waals surface area contributed by atoms with Gasteiger partial charge in [0.1, 0.15) is 0 Å². The Morgan fingerprint density at radius 3 is 2.08 bits per heavy atom. The van der Waals surface area contributed by atoms with Crippen LogP contribution in [-0.4, -0.2) is 16.5 Å². The molecule has 0 atom stereocenters. The zero-order valence-electron chi connectivity index (χ0n) is 8.72. The Bertz CT molecular complexity index is 154. The van der Waals surface area contributed by atoms with Crippen molar-refractivity contribution in [3.63, 3.8) is 0 Å². The zero-order valence-corrected chi connectivity index (χ0v) is 9.53. The molecule has 72 valence electrons. The average Bonchev–Trinajstić information content (AvgIpc) is 1.85. The fourth-order valence-corrected chi connectivity index (χ4v) is 1.59. The van der Waals surface area contributed by atoms with Crippen molar-refractivity contribution in [3.05, 3.63) is 11.5 Å². The number of hydrogen-bond acceptors (Lipinski definition) is 2. The van der Waals surface area contributed by atoms with E-state index in [2.05, 4.69) is 19.3 Å². The molecule has 0 heterocycles. The molecule has 0 aromatic rings. The van der Waals surface area contributed by atoms with E-state index in [0.717, 1.165) is 5.75 Å². The molecule has 2 heteroatoms. The first-order chi connectivity index (χ1) is 5.31. The molecule has 0 amide bonds. The summed E-state index contributed by atoms with van der Waals surface area (Å²) < 4.78 is 0. The highest BCUT2D eigenvalue weighted by atomic mass is 32.2. The van der Waals surface area contributed by atoms with Gasteiger partial charge < -0.3 is 5.11 Å². The van der Waals surface area contributed by atoms with Crippen LogP contribution in [0.1, 0.15) is 34.6 Å². The van der Waals surface area contributed by atoms with Crippen molar-refractivity contribution in [1.29, 1.82) is 0 Å². The number of rotatable bonds is 4. The molecule has 0 aliphatic heterocycles. The van der Waals surface area contributed by atoms with E-state index in [-0.39, 0.29) is 5.41 Å². The van der Waals surface area contributed by atoms with E-state index in [1.807, 2.05) is 26.8 Å². The van der Waals surface area contributed by atoms with Gasteiger partial charge in [0, 0.05) is 11.2 Å². The van der Waals surface area contributed by atoms with Gasteiger partial charge in [0.15, 0.2) is 0 Å². The summed E-state index contributed by atoms with van der Waals surface area (Å²) in [5.41, 5.74) is -0.654. The maximum absolute atomic E-state index is 9.81. The molecule has 0 rings (SSSR count). The molecule has 0 aliphatic carbocycles. The van der Waals surface area contributed by atoms with Crippen molar-refractivity contribution >= 4 is 11.8 Å². The summed E-state index contributed by atoms with van der Waals surface area (Å²) >= 11 is 1.75. The molecule has 0 fully saturated rings. The van der Waals surface area contributed by atoms with Crippen LogP contribution in [0.25, 0.3) is 0 Å². The van der Waals surface area contributed by atoms with Gasteiger partial charge in [0.25, 0.3) is 0 Å². The third-order valence-electron chi connectivity index (χ3n) is 2.33. The number of aliphatic hydroxyl groups is 1. The molecule has 1 N–H and O–H groups in total. The number of allylic oxidation sites excluding steroid dienone is 1. The molecule has 0 saturated carbocycles. The highest BCUT2D eigenvalue weighted by Gasteiger charge is 2.34. The van der Waals surface area contributed by atoms with Gasteiger partial charge in [-0.25, -0.2) is 0 Å². The van der Waals surface area contributed by atoms with Crippen molar-refractivity contribution in [1.82, 2.24) is 0 Å². The Balaban J connectivity index is 4.05. The summed E-state index contributed by atoms with van der Waals surface area (Å²) in [4.78, 5) is 0. The standard InChI is InChI=1S/C10H20OS/c1-6-7-12-8-9(2,3)10(4,5)11/h6-7,11H,8H2,1-5H3/b7-6+. The van der Waals surface area contributed by atoms with Gasteiger partial charge in [-0.2, -0.15) is 0 Å². The third kappa shape index (κ3) is 3.63. The molecule has 0 saturated heterocycles. The molecular weight excluding hydrogens is 168 g/mol. The normalized spacial score (nSPS) is 14.2. The predicted molar refractivity (Wildman–Crippen MR) is 57.4 cm³/mol. The van der Waals surface area contributed by atoms with Gasteiger partial charge in [0.2, 0.25) is 0 Å². The molecule has 0 unspecified atom stereocenters. The first kappa shape index (κ1) is 12.0. The quantitative estimate of drug-likeness (QED) is 0.731. The lowest BCUT2D eigenvalue weighted by Gasteiger charge is -2.36. The Kier molecular flexibility index (Phi) is 4.35. The van der Waals surface area contributed by atoms with E-state index in [0.29, 0.717) is 0 Å². The number of hydrogen-bond donors (Lipinski definition) is 1. The van der Waals surface area contributed by atoms with Crippen LogP contribution in [0.5, 0.6) is 0 Å². The summed E-state index contributed by atoms with van der Waals surface area (Å²) in [7, 11) is 0. The van der Waals surface area contributed by atoms with Gasteiger partial charge in [-0.15, -0.1) is 11.8 Å². The molecule has 0 bridgehead atoms. The van der Waals surface area contributed by atoms with Crippen LogP contribution in [0.3, 0.4) is 0 Å². The summed E-state index contributed by atoms with van der Waals surface area (Å²) in [5.74, 6) is 0.945. The Labute approximate surface area is 80.3 Å². The van der Waals surface area contributed by atoms with E-state index in [9.17, 15) is 5.11 Å². The maximum Gasteiger partial charge on any atom is 0.0650 e. The van der Waals surface area contributed by atoms with E-state index in [1.165, 1.54) is 0 Å². The molecule has 0 aliphatic rings. The van der Waals surface area contributed by atoms with Crippen LogP contribution in [-0.2, 0) is 0 Å². The number of thioether (sulfide) groups is 1. The lowest BCUT2D eigenvalue weighted by atomic mass is 9.79. The second-order valence-corrected chi connectivity index (χ2v) is 5.12. The lowest BCUT2D eigenvalue weighted by molar-refractivity contribution is -0.0209. The van der Waals surface area contributed by atoms with Crippen molar-refractivity contribution < 1.29 is 5.11 Å². The maximum atomic E-state index is 9.81. The Morgan fingerprint density at radius 1 is 1.25 bits per heavy atom. The van der Waals surface area contributed by atoms with Crippen LogP contribution in [0, 0.1) is 5.41 Å². The van der Waals surface area contributed by atoms with Gasteiger partial charge in [0.05, 0.1) is 5.60 Å². The minimum absolute atomic E-state index is 0.0445. The van der Waals surface area contributed by atoms with Crippen molar-refractivity contribution in [2.45, 2.75) is 40.2 Å². The first-order valence-corrected chi connectivity index (χ1v) is 5.31. The molecule has 0 aromatic carbocycles. The molecule has 0 radical (unpaired) electrons. The highest BCUT2D eigenvalue weighted by molar-refractivity contribution is 8.02. The molecular formula is C10H20OS. The summed E-state index contributed by atoms with van der Waals surface area (Å²) in [6.45, 7) is 9.91. The largest absolute Gasteiger partial charge is 0.390 e.